The maximum Gasteiger partial charge on any atom is 0.246 e. The molecule has 0 amide bonds. The van der Waals surface area contributed by atoms with Crippen molar-refractivity contribution in [1.82, 2.24) is 9.62 Å². The molecule has 0 aliphatic carbocycles. The van der Waals surface area contributed by atoms with Crippen molar-refractivity contribution in [3.8, 4) is 5.75 Å². The number of hydrogen-bond donors (Lipinski definition) is 2. The van der Waals surface area contributed by atoms with E-state index in [1.54, 1.807) is 18.2 Å². The van der Waals surface area contributed by atoms with Gasteiger partial charge in [-0.05, 0) is 44.3 Å². The molecule has 0 spiro atoms. The molecule has 0 saturated carbocycles. The Kier molecular flexibility index (Phi) is 7.39. The maximum atomic E-state index is 13.0. The zero-order valence-corrected chi connectivity index (χ0v) is 16.7. The molecule has 2 N–H and O–H groups in total. The average molecular weight is 400 g/mol. The third kappa shape index (κ3) is 5.41. The predicted molar refractivity (Wildman–Crippen MR) is 106 cm³/mol. The fourth-order valence-electron chi connectivity index (χ4n) is 2.39. The minimum absolute atomic E-state index is 0.119. The van der Waals surface area contributed by atoms with Crippen molar-refractivity contribution in [2.45, 2.75) is 18.7 Å². The molecule has 1 aromatic carbocycles. The molecule has 1 aliphatic heterocycles. The molecule has 144 valence electrons. The Morgan fingerprint density at radius 1 is 1.38 bits per heavy atom. The number of nitrogens with zero attached hydrogens (tertiary/aromatic N) is 1. The van der Waals surface area contributed by atoms with Gasteiger partial charge in [-0.25, -0.2) is 8.42 Å². The van der Waals surface area contributed by atoms with E-state index in [0.717, 1.165) is 5.57 Å². The summed E-state index contributed by atoms with van der Waals surface area (Å²) in [6.07, 6.45) is 0. The van der Waals surface area contributed by atoms with Gasteiger partial charge < -0.3 is 20.1 Å². The van der Waals surface area contributed by atoms with Gasteiger partial charge in [0.2, 0.25) is 10.0 Å². The van der Waals surface area contributed by atoms with E-state index >= 15 is 0 Å². The Morgan fingerprint density at radius 3 is 2.69 bits per heavy atom. The second-order valence-electron chi connectivity index (χ2n) is 5.88. The Labute approximate surface area is 160 Å². The maximum absolute atomic E-state index is 13.0. The number of hydrogen-bond acceptors (Lipinski definition) is 5. The summed E-state index contributed by atoms with van der Waals surface area (Å²) >= 11 is 5.23. The van der Waals surface area contributed by atoms with E-state index in [2.05, 4.69) is 17.2 Å². The van der Waals surface area contributed by atoms with Gasteiger partial charge in [0.25, 0.3) is 0 Å². The average Bonchev–Trinajstić information content (AvgIpc) is 2.62. The molecule has 1 fully saturated rings. The molecule has 1 saturated heterocycles. The summed E-state index contributed by atoms with van der Waals surface area (Å²) in [4.78, 5) is 0.119. The van der Waals surface area contributed by atoms with Crippen molar-refractivity contribution in [1.29, 1.82) is 0 Å². The van der Waals surface area contributed by atoms with Crippen LogP contribution in [0, 0.1) is 0 Å². The third-order valence-corrected chi connectivity index (χ3v) is 5.81. The molecule has 0 bridgehead atoms. The minimum Gasteiger partial charge on any atom is -0.492 e. The first-order valence-corrected chi connectivity index (χ1v) is 10.2. The van der Waals surface area contributed by atoms with Gasteiger partial charge in [0.05, 0.1) is 19.8 Å². The van der Waals surface area contributed by atoms with E-state index in [1.165, 1.54) is 4.31 Å². The number of thiocarbonyl (C=S) groups is 1. The Balaban J connectivity index is 2.27. The minimum atomic E-state index is -3.69. The molecule has 1 heterocycles. The molecule has 7 nitrogen and oxygen atoms in total. The van der Waals surface area contributed by atoms with E-state index in [0.29, 0.717) is 56.0 Å². The van der Waals surface area contributed by atoms with Crippen LogP contribution in [0.4, 0.5) is 5.69 Å². The van der Waals surface area contributed by atoms with Crippen molar-refractivity contribution in [3.05, 3.63) is 30.4 Å². The van der Waals surface area contributed by atoms with Crippen LogP contribution in [0.1, 0.15) is 13.8 Å². The van der Waals surface area contributed by atoms with Crippen LogP contribution in [0.5, 0.6) is 5.75 Å². The molecule has 9 heteroatoms. The van der Waals surface area contributed by atoms with Crippen LogP contribution in [0.25, 0.3) is 0 Å². The quantitative estimate of drug-likeness (QED) is 0.536. The topological polar surface area (TPSA) is 79.9 Å². The first-order chi connectivity index (χ1) is 12.3. The Bertz CT molecular complexity index is 759. The number of morpholine rings is 1. The molecule has 2 rings (SSSR count). The van der Waals surface area contributed by atoms with Crippen molar-refractivity contribution in [2.24, 2.45) is 0 Å². The highest BCUT2D eigenvalue weighted by atomic mass is 32.2. The van der Waals surface area contributed by atoms with Gasteiger partial charge in [0.1, 0.15) is 10.6 Å². The highest BCUT2D eigenvalue weighted by Gasteiger charge is 2.29. The Hall–Kier alpha value is -1.68. The largest absolute Gasteiger partial charge is 0.492 e. The monoisotopic (exact) mass is 399 g/mol. The molecule has 0 radical (unpaired) electrons. The van der Waals surface area contributed by atoms with E-state index in [1.807, 2.05) is 13.8 Å². The fourth-order valence-corrected chi connectivity index (χ4v) is 4.15. The predicted octanol–water partition coefficient (Wildman–Crippen LogP) is 1.97. The first-order valence-electron chi connectivity index (χ1n) is 8.38. The van der Waals surface area contributed by atoms with Gasteiger partial charge in [-0.15, -0.1) is 0 Å². The van der Waals surface area contributed by atoms with Crippen LogP contribution in [-0.4, -0.2) is 57.3 Å². The van der Waals surface area contributed by atoms with Gasteiger partial charge >= 0.3 is 0 Å². The molecular formula is C17H25N3O4S2. The normalized spacial score (nSPS) is 15.3. The number of anilines is 1. The zero-order chi connectivity index (χ0) is 19.2. The lowest BCUT2D eigenvalue weighted by atomic mass is 10.3. The van der Waals surface area contributed by atoms with E-state index in [9.17, 15) is 8.42 Å². The van der Waals surface area contributed by atoms with Gasteiger partial charge in [0.15, 0.2) is 5.11 Å². The summed E-state index contributed by atoms with van der Waals surface area (Å²) in [6, 6.07) is 4.92. The molecular weight excluding hydrogens is 374 g/mol. The van der Waals surface area contributed by atoms with Crippen LogP contribution in [0.3, 0.4) is 0 Å². The van der Waals surface area contributed by atoms with Crippen LogP contribution in [0.15, 0.2) is 35.2 Å². The highest BCUT2D eigenvalue weighted by molar-refractivity contribution is 7.89. The van der Waals surface area contributed by atoms with Crippen LogP contribution in [0.2, 0.25) is 0 Å². The SMILES string of the molecule is C=C(C)CNC(=S)Nc1ccc(OCC)c(S(=O)(=O)N2CCOCC2)c1. The van der Waals surface area contributed by atoms with Crippen LogP contribution < -0.4 is 15.4 Å². The molecule has 0 aromatic heterocycles. The molecule has 0 atom stereocenters. The Morgan fingerprint density at radius 2 is 2.08 bits per heavy atom. The number of sulfonamides is 1. The van der Waals surface area contributed by atoms with E-state index in [4.69, 9.17) is 21.7 Å². The second-order valence-corrected chi connectivity index (χ2v) is 8.19. The van der Waals surface area contributed by atoms with Gasteiger partial charge in [-0.3, -0.25) is 0 Å². The lowest BCUT2D eigenvalue weighted by Gasteiger charge is -2.27. The van der Waals surface area contributed by atoms with Crippen molar-refractivity contribution in [2.75, 3.05) is 44.8 Å². The summed E-state index contributed by atoms with van der Waals surface area (Å²) in [5.41, 5.74) is 1.51. The summed E-state index contributed by atoms with van der Waals surface area (Å²) in [7, 11) is -3.69. The number of benzene rings is 1. The summed E-state index contributed by atoms with van der Waals surface area (Å²) in [5.74, 6) is 0.324. The van der Waals surface area contributed by atoms with E-state index < -0.39 is 10.0 Å². The number of nitrogens with one attached hydrogen (secondary N) is 2. The smallest absolute Gasteiger partial charge is 0.246 e. The van der Waals surface area contributed by atoms with Crippen molar-refractivity contribution in [3.63, 3.8) is 0 Å². The second kappa shape index (κ2) is 9.31. The molecule has 1 aliphatic rings. The molecule has 1 aromatic rings. The van der Waals surface area contributed by atoms with Gasteiger partial charge in [0, 0.05) is 25.3 Å². The first kappa shape index (κ1) is 20.6. The summed E-state index contributed by atoms with van der Waals surface area (Å²) in [5, 5.41) is 6.40. The van der Waals surface area contributed by atoms with Crippen molar-refractivity contribution < 1.29 is 17.9 Å². The number of ether oxygens (including phenoxy) is 2. The summed E-state index contributed by atoms with van der Waals surface area (Å²) in [6.45, 7) is 9.84. The lowest BCUT2D eigenvalue weighted by molar-refractivity contribution is 0.0729. The molecule has 26 heavy (non-hydrogen) atoms. The fraction of sp³-hybridized carbons (Fsp3) is 0.471. The molecule has 0 unspecified atom stereocenters. The van der Waals surface area contributed by atoms with Crippen LogP contribution >= 0.6 is 12.2 Å². The number of rotatable bonds is 7. The van der Waals surface area contributed by atoms with Gasteiger partial charge in [-0.1, -0.05) is 12.2 Å². The standard InChI is InChI=1S/C17H25N3O4S2/c1-4-24-15-6-5-14(19-17(25)18-12-13(2)3)11-16(15)26(21,22)20-7-9-23-10-8-20/h5-6,11H,2,4,7-10,12H2,1,3H3,(H2,18,19,25). The summed E-state index contributed by atoms with van der Waals surface area (Å²) < 4.78 is 38.3. The van der Waals surface area contributed by atoms with Gasteiger partial charge in [-0.2, -0.15) is 4.31 Å². The van der Waals surface area contributed by atoms with Crippen molar-refractivity contribution >= 4 is 33.0 Å². The third-order valence-electron chi connectivity index (χ3n) is 3.64. The van der Waals surface area contributed by atoms with E-state index in [-0.39, 0.29) is 4.90 Å². The zero-order valence-electron chi connectivity index (χ0n) is 15.1. The van der Waals surface area contributed by atoms with Crippen LogP contribution in [-0.2, 0) is 14.8 Å². The highest BCUT2D eigenvalue weighted by Crippen LogP contribution is 2.30. The lowest BCUT2D eigenvalue weighted by Crippen LogP contribution is -2.40.